The van der Waals surface area contributed by atoms with Crippen molar-refractivity contribution in [3.05, 3.63) is 306 Å². The van der Waals surface area contributed by atoms with Crippen LogP contribution in [0, 0.1) is 0 Å². The topological polar surface area (TPSA) is 3.24 Å². The lowest BCUT2D eigenvalue weighted by molar-refractivity contribution is 0.768. The van der Waals surface area contributed by atoms with Crippen LogP contribution in [0.3, 0.4) is 0 Å². The first-order valence-electron chi connectivity index (χ1n) is 22.2. The summed E-state index contributed by atoms with van der Waals surface area (Å²) in [6.45, 7) is 6.95. The maximum atomic E-state index is 4.90. The molecule has 0 aliphatic heterocycles. The van der Waals surface area contributed by atoms with Gasteiger partial charge < -0.3 is 4.90 Å². The van der Waals surface area contributed by atoms with E-state index in [1.165, 1.54) is 61.2 Å². The zero-order valence-electron chi connectivity index (χ0n) is 35.9. The van der Waals surface area contributed by atoms with Crippen LogP contribution in [0.2, 0.25) is 0 Å². The van der Waals surface area contributed by atoms with E-state index in [-0.39, 0.29) is 0 Å². The SMILES string of the molecule is C=C(/C=C\C=C/C)C1(c2ccccc2)c2ccccc2-c2ccc(N(c3ccc4c(c3)C(c3ccccc3)(c3ccccc3)c3ccccc3-4)c3ccccc3-c3ccccc3)cc21. The number of anilines is 3. The molecule has 304 valence electrons. The Balaban J connectivity index is 1.21. The van der Waals surface area contributed by atoms with Gasteiger partial charge in [-0.2, -0.15) is 0 Å². The van der Waals surface area contributed by atoms with Crippen LogP contribution in [-0.2, 0) is 10.8 Å². The van der Waals surface area contributed by atoms with E-state index in [1.54, 1.807) is 0 Å². The predicted octanol–water partition coefficient (Wildman–Crippen LogP) is 16.2. The van der Waals surface area contributed by atoms with Crippen molar-refractivity contribution in [3.63, 3.8) is 0 Å². The van der Waals surface area contributed by atoms with Crippen LogP contribution >= 0.6 is 0 Å². The van der Waals surface area contributed by atoms with Crippen molar-refractivity contribution in [3.8, 4) is 33.4 Å². The quantitative estimate of drug-likeness (QED) is 0.124. The van der Waals surface area contributed by atoms with Gasteiger partial charge in [0, 0.05) is 16.9 Å². The van der Waals surface area contributed by atoms with Crippen molar-refractivity contribution >= 4 is 17.1 Å². The second-order valence-corrected chi connectivity index (χ2v) is 16.8. The molecule has 1 nitrogen and oxygen atoms in total. The normalized spacial score (nSPS) is 15.4. The van der Waals surface area contributed by atoms with E-state index in [0.29, 0.717) is 0 Å². The van der Waals surface area contributed by atoms with Gasteiger partial charge in [-0.3, -0.25) is 0 Å². The van der Waals surface area contributed by atoms with Gasteiger partial charge in [0.15, 0.2) is 0 Å². The first-order chi connectivity index (χ1) is 31.7. The largest absolute Gasteiger partial charge is 0.310 e. The Morgan fingerprint density at radius 2 is 0.859 bits per heavy atom. The molecular formula is C63H47N. The maximum absolute atomic E-state index is 4.90. The van der Waals surface area contributed by atoms with Gasteiger partial charge >= 0.3 is 0 Å². The number of para-hydroxylation sites is 1. The van der Waals surface area contributed by atoms with Crippen LogP contribution in [0.4, 0.5) is 17.1 Å². The summed E-state index contributed by atoms with van der Waals surface area (Å²) in [4.78, 5) is 2.49. The molecule has 11 rings (SSSR count). The third-order valence-corrected chi connectivity index (χ3v) is 13.5. The van der Waals surface area contributed by atoms with Crippen LogP contribution in [0.1, 0.15) is 45.9 Å². The molecule has 1 unspecified atom stereocenters. The van der Waals surface area contributed by atoms with Crippen LogP contribution in [0.15, 0.2) is 267 Å². The molecule has 2 aliphatic rings. The summed E-state index contributed by atoms with van der Waals surface area (Å²) in [6, 6.07) is 84.9. The number of hydrogen-bond donors (Lipinski definition) is 0. The highest BCUT2D eigenvalue weighted by molar-refractivity contribution is 5.94. The highest BCUT2D eigenvalue weighted by atomic mass is 15.1. The second-order valence-electron chi connectivity index (χ2n) is 16.8. The summed E-state index contributed by atoms with van der Waals surface area (Å²) in [5, 5.41) is 0. The molecule has 0 amide bonds. The first kappa shape index (κ1) is 38.9. The van der Waals surface area contributed by atoms with Gasteiger partial charge in [0.1, 0.15) is 0 Å². The standard InChI is InChI=1S/C63H47N/c1-3-4-9-24-45(2)62(47-27-12-6-13-28-47)57-36-21-18-34-53(57)55-41-39-50(43-59(55)62)64(61-38-23-20-33-52(61)46-25-10-5-11-26-46)51-40-42-56-54-35-19-22-37-58(54)63(60(56)44-51,48-29-14-7-15-30-48)49-31-16-8-17-32-49/h3-44H,2H2,1H3/b4-3-,24-9-. The predicted molar refractivity (Wildman–Crippen MR) is 269 cm³/mol. The molecule has 2 aliphatic carbocycles. The Labute approximate surface area is 377 Å². The van der Waals surface area contributed by atoms with Gasteiger partial charge in [0.25, 0.3) is 0 Å². The van der Waals surface area contributed by atoms with Crippen LogP contribution in [0.5, 0.6) is 0 Å². The Morgan fingerprint density at radius 3 is 1.47 bits per heavy atom. The summed E-state index contributed by atoms with van der Waals surface area (Å²) in [5.74, 6) is 0. The zero-order chi connectivity index (χ0) is 43.1. The highest BCUT2D eigenvalue weighted by Crippen LogP contribution is 2.60. The fourth-order valence-corrected chi connectivity index (χ4v) is 10.9. The van der Waals surface area contributed by atoms with Gasteiger partial charge in [-0.15, -0.1) is 0 Å². The van der Waals surface area contributed by atoms with Crippen molar-refractivity contribution in [1.29, 1.82) is 0 Å². The van der Waals surface area contributed by atoms with Gasteiger partial charge in [-0.1, -0.05) is 231 Å². The maximum Gasteiger partial charge on any atom is 0.0714 e. The lowest BCUT2D eigenvalue weighted by Crippen LogP contribution is -2.29. The average molecular weight is 818 g/mol. The summed E-state index contributed by atoms with van der Waals surface area (Å²) in [6.07, 6.45) is 8.46. The number of nitrogens with zero attached hydrogens (tertiary/aromatic N) is 1. The van der Waals surface area contributed by atoms with Crippen LogP contribution in [-0.4, -0.2) is 0 Å². The van der Waals surface area contributed by atoms with E-state index in [0.717, 1.165) is 33.8 Å². The molecular weight excluding hydrogens is 771 g/mol. The van der Waals surface area contributed by atoms with Gasteiger partial charge in [0.05, 0.1) is 16.5 Å². The summed E-state index contributed by atoms with van der Waals surface area (Å²) >= 11 is 0. The van der Waals surface area contributed by atoms with Gasteiger partial charge in [0.2, 0.25) is 0 Å². The molecule has 0 aromatic heterocycles. The highest BCUT2D eigenvalue weighted by Gasteiger charge is 2.48. The Bertz CT molecular complexity index is 3190. The lowest BCUT2D eigenvalue weighted by atomic mass is 9.67. The summed E-state index contributed by atoms with van der Waals surface area (Å²) in [5.41, 5.74) is 19.1. The van der Waals surface area contributed by atoms with Crippen molar-refractivity contribution in [2.24, 2.45) is 0 Å². The number of fused-ring (bicyclic) bond motifs is 6. The Hall–Kier alpha value is -8.00. The zero-order valence-corrected chi connectivity index (χ0v) is 35.9. The Kier molecular flexibility index (Phi) is 9.75. The Morgan fingerprint density at radius 1 is 0.406 bits per heavy atom. The molecule has 0 bridgehead atoms. The molecule has 64 heavy (non-hydrogen) atoms. The average Bonchev–Trinajstić information content (AvgIpc) is 3.83. The van der Waals surface area contributed by atoms with E-state index < -0.39 is 10.8 Å². The van der Waals surface area contributed by atoms with E-state index >= 15 is 0 Å². The molecule has 9 aromatic carbocycles. The van der Waals surface area contributed by atoms with Crippen molar-refractivity contribution in [2.75, 3.05) is 4.90 Å². The number of benzene rings is 9. The minimum atomic E-state index is -0.638. The first-order valence-corrected chi connectivity index (χ1v) is 22.2. The molecule has 9 aromatic rings. The van der Waals surface area contributed by atoms with E-state index in [9.17, 15) is 0 Å². The van der Waals surface area contributed by atoms with Crippen LogP contribution < -0.4 is 4.90 Å². The lowest BCUT2D eigenvalue weighted by Gasteiger charge is -2.36. The minimum absolute atomic E-state index is 0.547. The molecule has 0 radical (unpaired) electrons. The second kappa shape index (κ2) is 16.0. The van der Waals surface area contributed by atoms with E-state index in [2.05, 4.69) is 267 Å². The van der Waals surface area contributed by atoms with Gasteiger partial charge in [-0.25, -0.2) is 0 Å². The fraction of sp³-hybridized carbons (Fsp3) is 0.0476. The van der Waals surface area contributed by atoms with Crippen molar-refractivity contribution in [1.82, 2.24) is 0 Å². The molecule has 0 N–H and O–H groups in total. The fourth-order valence-electron chi connectivity index (χ4n) is 10.9. The molecule has 0 saturated carbocycles. The molecule has 0 fully saturated rings. The monoisotopic (exact) mass is 817 g/mol. The number of hydrogen-bond acceptors (Lipinski definition) is 1. The molecule has 0 saturated heterocycles. The van der Waals surface area contributed by atoms with E-state index in [1.807, 2.05) is 0 Å². The third-order valence-electron chi connectivity index (χ3n) is 13.5. The summed E-state index contributed by atoms with van der Waals surface area (Å²) in [7, 11) is 0. The molecule has 0 spiro atoms. The van der Waals surface area contributed by atoms with Crippen molar-refractivity contribution < 1.29 is 0 Å². The molecule has 1 heteroatoms. The minimum Gasteiger partial charge on any atom is -0.310 e. The number of allylic oxidation sites excluding steroid dienone is 5. The molecule has 0 heterocycles. The number of rotatable bonds is 10. The molecule has 1 atom stereocenters. The summed E-state index contributed by atoms with van der Waals surface area (Å²) < 4.78 is 0. The van der Waals surface area contributed by atoms with Gasteiger partial charge in [-0.05, 0) is 110 Å². The van der Waals surface area contributed by atoms with Crippen LogP contribution in [0.25, 0.3) is 33.4 Å². The van der Waals surface area contributed by atoms with E-state index in [4.69, 9.17) is 6.58 Å². The third kappa shape index (κ3) is 5.93. The smallest absolute Gasteiger partial charge is 0.0714 e. The van der Waals surface area contributed by atoms with Crippen molar-refractivity contribution in [2.45, 2.75) is 17.8 Å².